The van der Waals surface area contributed by atoms with Crippen molar-refractivity contribution >= 4 is 27.6 Å². The van der Waals surface area contributed by atoms with Crippen molar-refractivity contribution in [3.05, 3.63) is 0 Å². The molecule has 0 saturated heterocycles. The molecular weight excluding hydrogens is 302 g/mol. The first-order chi connectivity index (χ1) is 5.73. The number of hydrogen-bond acceptors (Lipinski definition) is 9. The minimum atomic E-state index is -3.92. The molecule has 0 atom stereocenters. The van der Waals surface area contributed by atoms with Crippen molar-refractivity contribution in [1.29, 1.82) is 0 Å². The Kier molecular flexibility index (Phi) is 17.6. The minimum Gasteiger partial charge on any atom is -0.748 e. The van der Waals surface area contributed by atoms with Gasteiger partial charge in [0.2, 0.25) is 0 Å². The van der Waals surface area contributed by atoms with Gasteiger partial charge in [0, 0.05) is 12.5 Å². The molecule has 3 N–H and O–H groups in total. The van der Waals surface area contributed by atoms with Gasteiger partial charge in [-0.1, -0.05) is 0 Å². The summed E-state index contributed by atoms with van der Waals surface area (Å²) < 4.78 is 54.5. The van der Waals surface area contributed by atoms with Crippen LogP contribution in [0.5, 0.6) is 0 Å². The fourth-order valence-electron chi connectivity index (χ4n) is 0. The van der Waals surface area contributed by atoms with Gasteiger partial charge in [-0.3, -0.25) is 0 Å². The van der Waals surface area contributed by atoms with Gasteiger partial charge in [-0.25, -0.2) is 16.8 Å². The van der Waals surface area contributed by atoms with Crippen LogP contribution >= 0.6 is 0 Å². The average molecular weight is 311 g/mol. The van der Waals surface area contributed by atoms with E-state index in [4.69, 9.17) is 41.0 Å². The van der Waals surface area contributed by atoms with Crippen molar-refractivity contribution in [1.82, 2.24) is 0 Å². The maximum atomic E-state index is 9.08. The first kappa shape index (κ1) is 24.5. The Morgan fingerprint density at radius 2 is 0.867 bits per heavy atom. The van der Waals surface area contributed by atoms with E-state index >= 15 is 0 Å². The van der Waals surface area contributed by atoms with Crippen LogP contribution in [0.2, 0.25) is 0 Å². The molecule has 96 valence electrons. The van der Waals surface area contributed by atoms with Crippen molar-refractivity contribution in [2.45, 2.75) is 0 Å². The van der Waals surface area contributed by atoms with Crippen LogP contribution in [0.15, 0.2) is 0 Å². The molecule has 0 bridgehead atoms. The van der Waals surface area contributed by atoms with Gasteiger partial charge in [-0.2, -0.15) is 0 Å². The maximum Gasteiger partial charge on any atom is 2.00 e. The van der Waals surface area contributed by atoms with Crippen molar-refractivity contribution < 1.29 is 57.5 Å². The molecule has 0 fully saturated rings. The topological polar surface area (TPSA) is 175 Å². The molecule has 0 rings (SSSR count). The molecular formula is C2H9BNiO9S2. The zero-order chi connectivity index (χ0) is 12.6. The van der Waals surface area contributed by atoms with Gasteiger partial charge in [0.05, 0.1) is 20.2 Å². The van der Waals surface area contributed by atoms with Crippen molar-refractivity contribution in [3.8, 4) is 0 Å². The van der Waals surface area contributed by atoms with E-state index in [0.29, 0.717) is 12.5 Å². The molecule has 0 aromatic heterocycles. The molecule has 0 amide bonds. The number of hydrogen-bond donors (Lipinski definition) is 3. The van der Waals surface area contributed by atoms with Gasteiger partial charge in [-0.15, -0.1) is 0 Å². The van der Waals surface area contributed by atoms with Crippen LogP contribution in [0, 0.1) is 0 Å². The van der Waals surface area contributed by atoms with E-state index in [-0.39, 0.29) is 16.5 Å². The van der Waals surface area contributed by atoms with E-state index in [0.717, 1.165) is 0 Å². The monoisotopic (exact) mass is 310 g/mol. The second-order valence-corrected chi connectivity index (χ2v) is 4.57. The second kappa shape index (κ2) is 10.8. The van der Waals surface area contributed by atoms with Crippen molar-refractivity contribution in [3.63, 3.8) is 0 Å². The van der Waals surface area contributed by atoms with E-state index in [1.165, 1.54) is 0 Å². The molecule has 0 aliphatic carbocycles. The van der Waals surface area contributed by atoms with Crippen molar-refractivity contribution in [2.24, 2.45) is 0 Å². The van der Waals surface area contributed by atoms with E-state index in [1.807, 2.05) is 0 Å². The second-order valence-electron chi connectivity index (χ2n) is 1.75. The summed E-state index contributed by atoms with van der Waals surface area (Å²) in [5, 5.41) is 21.5. The largest absolute Gasteiger partial charge is 2.00 e. The zero-order valence-corrected chi connectivity index (χ0v) is 10.1. The van der Waals surface area contributed by atoms with E-state index < -0.39 is 27.6 Å². The van der Waals surface area contributed by atoms with Gasteiger partial charge in [0.15, 0.2) is 0 Å². The molecule has 13 heteroatoms. The molecule has 0 saturated carbocycles. The van der Waals surface area contributed by atoms with Gasteiger partial charge in [0.25, 0.3) is 0 Å². The first-order valence-corrected chi connectivity index (χ1v) is 6.22. The summed E-state index contributed by atoms with van der Waals surface area (Å²) in [5.74, 6) is 0. The Morgan fingerprint density at radius 3 is 0.867 bits per heavy atom. The third-order valence-electron chi connectivity index (χ3n) is 0. The number of rotatable bonds is 0. The molecule has 0 heterocycles. The smallest absolute Gasteiger partial charge is 0.748 e. The van der Waals surface area contributed by atoms with E-state index in [2.05, 4.69) is 0 Å². The van der Waals surface area contributed by atoms with Gasteiger partial charge < -0.3 is 24.2 Å². The Balaban J connectivity index is -0.0000000590. The van der Waals surface area contributed by atoms with Gasteiger partial charge >= 0.3 is 23.8 Å². The predicted octanol–water partition coefficient (Wildman–Crippen LogP) is -3.73. The molecule has 0 aliphatic rings. The molecule has 0 radical (unpaired) electrons. The Hall–Kier alpha value is 0.258. The molecule has 0 unspecified atom stereocenters. The molecule has 9 nitrogen and oxygen atoms in total. The van der Waals surface area contributed by atoms with Crippen molar-refractivity contribution in [2.75, 3.05) is 12.5 Å². The Morgan fingerprint density at radius 1 is 0.867 bits per heavy atom. The van der Waals surface area contributed by atoms with E-state index in [1.54, 1.807) is 0 Å². The molecule has 15 heavy (non-hydrogen) atoms. The van der Waals surface area contributed by atoms with Gasteiger partial charge in [0.1, 0.15) is 0 Å². The molecule has 0 aliphatic heterocycles. The Bertz CT molecular complexity index is 256. The zero-order valence-electron chi connectivity index (χ0n) is 7.50. The Labute approximate surface area is 97.7 Å². The van der Waals surface area contributed by atoms with Crippen LogP contribution in [0.4, 0.5) is 0 Å². The van der Waals surface area contributed by atoms with Crippen LogP contribution in [-0.4, -0.2) is 60.8 Å². The quantitative estimate of drug-likeness (QED) is 0.300. The third kappa shape index (κ3) is 32100. The summed E-state index contributed by atoms with van der Waals surface area (Å²) in [4.78, 5) is 0. The molecule has 0 aromatic rings. The summed E-state index contributed by atoms with van der Waals surface area (Å²) in [6.45, 7) is 0. The molecule has 0 spiro atoms. The summed E-state index contributed by atoms with van der Waals surface area (Å²) in [5.41, 5.74) is 0. The van der Waals surface area contributed by atoms with Crippen LogP contribution in [0.25, 0.3) is 0 Å². The minimum absolute atomic E-state index is 0. The van der Waals surface area contributed by atoms with E-state index in [9.17, 15) is 0 Å². The maximum absolute atomic E-state index is 9.08. The van der Waals surface area contributed by atoms with Crippen LogP contribution in [0.3, 0.4) is 0 Å². The fourth-order valence-corrected chi connectivity index (χ4v) is 0. The molecule has 0 aromatic carbocycles. The SMILES string of the molecule is CS(=O)(=O)[O-].CS(=O)(=O)[O-].OB(O)O.[Ni+2]. The normalized spacial score (nSPS) is 9.53. The first-order valence-electron chi connectivity index (χ1n) is 2.59. The average Bonchev–Trinajstić information content (AvgIpc) is 1.45. The summed E-state index contributed by atoms with van der Waals surface area (Å²) >= 11 is 0. The predicted molar refractivity (Wildman–Crippen MR) is 43.7 cm³/mol. The van der Waals surface area contributed by atoms with Crippen LogP contribution in [-0.2, 0) is 36.7 Å². The van der Waals surface area contributed by atoms with Gasteiger partial charge in [-0.05, 0) is 0 Å². The standard InChI is InChI=1S/2CH4O3S.BH3O3.Ni/c2*1-5(2,3)4;2-1(3)4;/h2*1H3,(H,2,3,4);2-4H;/q;;;+2/p-2. The summed E-state index contributed by atoms with van der Waals surface area (Å²) in [7, 11) is -10.0. The van der Waals surface area contributed by atoms with Crippen LogP contribution < -0.4 is 0 Å². The van der Waals surface area contributed by atoms with Crippen LogP contribution in [0.1, 0.15) is 0 Å². The third-order valence-corrected chi connectivity index (χ3v) is 0. The summed E-state index contributed by atoms with van der Waals surface area (Å²) in [6.07, 6.45) is 1.21. The summed E-state index contributed by atoms with van der Waals surface area (Å²) in [6, 6.07) is 0. The fraction of sp³-hybridized carbons (Fsp3) is 1.00.